The molecule has 0 saturated heterocycles. The average molecular weight is 261 g/mol. The lowest BCUT2D eigenvalue weighted by atomic mass is 10.4. The van der Waals surface area contributed by atoms with E-state index in [4.69, 9.17) is 23.1 Å². The first kappa shape index (κ1) is 12.7. The van der Waals surface area contributed by atoms with Crippen molar-refractivity contribution in [3.05, 3.63) is 10.8 Å². The van der Waals surface area contributed by atoms with Crippen LogP contribution in [-0.2, 0) is 0 Å². The highest BCUT2D eigenvalue weighted by Crippen LogP contribution is 2.17. The number of halogens is 1. The number of rotatable bonds is 3. The van der Waals surface area contributed by atoms with Gasteiger partial charge in [-0.05, 0) is 6.26 Å². The Labute approximate surface area is 101 Å². The van der Waals surface area contributed by atoms with Gasteiger partial charge in [0.2, 0.25) is 0 Å². The molecule has 0 aliphatic rings. The first-order valence-electron chi connectivity index (χ1n) is 4.05. The maximum Gasteiger partial charge on any atom is 0.317 e. The van der Waals surface area contributed by atoms with Crippen molar-refractivity contribution < 1.29 is 4.79 Å². The van der Waals surface area contributed by atoms with Crippen LogP contribution in [0.25, 0.3) is 0 Å². The Morgan fingerprint density at radius 1 is 1.44 bits per heavy atom. The van der Waals surface area contributed by atoms with E-state index >= 15 is 0 Å². The summed E-state index contributed by atoms with van der Waals surface area (Å²) in [4.78, 5) is 18.8. The smallest absolute Gasteiger partial charge is 0.317 e. The molecule has 86 valence electrons. The molecular formula is C7H9ClN6OS. The van der Waals surface area contributed by atoms with E-state index in [9.17, 15) is 4.79 Å². The molecule has 1 heterocycles. The predicted octanol–water partition coefficient (Wildman–Crippen LogP) is 1.21. The largest absolute Gasteiger partial charge is 0.382 e. The van der Waals surface area contributed by atoms with Gasteiger partial charge >= 0.3 is 5.91 Å². The zero-order valence-corrected chi connectivity index (χ0v) is 9.92. The van der Waals surface area contributed by atoms with Gasteiger partial charge in [0.25, 0.3) is 0 Å². The van der Waals surface area contributed by atoms with Gasteiger partial charge in [-0.3, -0.25) is 4.79 Å². The number of hydrogen-bond donors (Lipinski definition) is 2. The van der Waals surface area contributed by atoms with E-state index in [1.807, 2.05) is 6.26 Å². The van der Waals surface area contributed by atoms with Crippen LogP contribution in [-0.4, -0.2) is 28.0 Å². The molecule has 0 atom stereocenters. The molecule has 0 bridgehead atoms. The van der Waals surface area contributed by atoms with Gasteiger partial charge in [-0.2, -0.15) is 5.11 Å². The topological polar surface area (TPSA) is 120 Å². The highest BCUT2D eigenvalue weighted by molar-refractivity contribution is 7.98. The van der Waals surface area contributed by atoms with Crippen molar-refractivity contribution in [3.63, 3.8) is 0 Å². The van der Waals surface area contributed by atoms with Gasteiger partial charge in [-0.25, -0.2) is 9.97 Å². The molecule has 0 fully saturated rings. The van der Waals surface area contributed by atoms with Crippen LogP contribution in [0.3, 0.4) is 0 Å². The number of azo groups is 1. The number of nitrogens with zero attached hydrogens (tertiary/aromatic N) is 4. The summed E-state index contributed by atoms with van der Waals surface area (Å²) in [6.07, 6.45) is 1.83. The van der Waals surface area contributed by atoms with Crippen LogP contribution in [0.4, 0.5) is 11.6 Å². The van der Waals surface area contributed by atoms with Crippen molar-refractivity contribution in [1.82, 2.24) is 9.97 Å². The molecule has 0 aromatic carbocycles. The van der Waals surface area contributed by atoms with E-state index in [1.165, 1.54) is 11.8 Å². The van der Waals surface area contributed by atoms with E-state index < -0.39 is 5.91 Å². The van der Waals surface area contributed by atoms with Crippen molar-refractivity contribution in [2.24, 2.45) is 10.2 Å². The Bertz CT molecular complexity index is 437. The van der Waals surface area contributed by atoms with Crippen LogP contribution in [0.2, 0.25) is 5.15 Å². The molecule has 0 saturated carbocycles. The van der Waals surface area contributed by atoms with Gasteiger partial charge in [-0.15, -0.1) is 16.9 Å². The standard InChI is InChI=1S/C7H9ClN6OS/c1-16-2-11-14-7(15)3-5(9)13-6(10)4(8)12-3/h2H2,1H3,(H4,9,10,13). The van der Waals surface area contributed by atoms with Crippen molar-refractivity contribution in [2.45, 2.75) is 0 Å². The highest BCUT2D eigenvalue weighted by atomic mass is 35.5. The molecule has 16 heavy (non-hydrogen) atoms. The molecule has 1 aromatic rings. The maximum atomic E-state index is 11.5. The lowest BCUT2D eigenvalue weighted by molar-refractivity contribution is 0.0990. The lowest BCUT2D eigenvalue weighted by Crippen LogP contribution is -2.09. The fraction of sp³-hybridized carbons (Fsp3) is 0.286. The molecule has 0 aliphatic carbocycles. The van der Waals surface area contributed by atoms with Crippen LogP contribution < -0.4 is 11.5 Å². The number of nitrogen functional groups attached to an aromatic ring is 2. The summed E-state index contributed by atoms with van der Waals surface area (Å²) in [5.74, 6) is -0.463. The summed E-state index contributed by atoms with van der Waals surface area (Å²) in [6.45, 7) is 0. The zero-order chi connectivity index (χ0) is 12.1. The van der Waals surface area contributed by atoms with Crippen molar-refractivity contribution in [3.8, 4) is 0 Å². The second kappa shape index (κ2) is 5.61. The number of aromatic nitrogens is 2. The van der Waals surface area contributed by atoms with Gasteiger partial charge in [0.15, 0.2) is 22.5 Å². The van der Waals surface area contributed by atoms with E-state index in [1.54, 1.807) is 0 Å². The summed E-state index contributed by atoms with van der Waals surface area (Å²) in [5.41, 5.74) is 10.7. The second-order valence-electron chi connectivity index (χ2n) is 2.60. The average Bonchev–Trinajstić information content (AvgIpc) is 2.23. The quantitative estimate of drug-likeness (QED) is 0.788. The van der Waals surface area contributed by atoms with Crippen molar-refractivity contribution >= 4 is 40.9 Å². The Morgan fingerprint density at radius 3 is 2.75 bits per heavy atom. The Hall–Kier alpha value is -1.41. The number of thioether (sulfide) groups is 1. The van der Waals surface area contributed by atoms with Crippen LogP contribution in [0.15, 0.2) is 10.2 Å². The van der Waals surface area contributed by atoms with Gasteiger partial charge in [-0.1, -0.05) is 11.6 Å². The maximum absolute atomic E-state index is 11.5. The third kappa shape index (κ3) is 3.04. The minimum atomic E-state index is -0.694. The Kier molecular flexibility index (Phi) is 4.44. The van der Waals surface area contributed by atoms with Gasteiger partial charge in [0, 0.05) is 0 Å². The number of carbonyl (C=O) groups excluding carboxylic acids is 1. The van der Waals surface area contributed by atoms with Gasteiger partial charge in [0.05, 0.1) is 0 Å². The van der Waals surface area contributed by atoms with Crippen LogP contribution >= 0.6 is 23.4 Å². The molecule has 0 radical (unpaired) electrons. The summed E-state index contributed by atoms with van der Waals surface area (Å²) in [5, 5.41) is 6.91. The highest BCUT2D eigenvalue weighted by Gasteiger charge is 2.15. The fourth-order valence-corrected chi connectivity index (χ4v) is 1.10. The second-order valence-corrected chi connectivity index (χ2v) is 3.79. The minimum absolute atomic E-state index is 0.0308. The molecule has 0 unspecified atom stereocenters. The molecule has 1 amide bonds. The van der Waals surface area contributed by atoms with Crippen molar-refractivity contribution in [2.75, 3.05) is 23.6 Å². The number of anilines is 2. The van der Waals surface area contributed by atoms with E-state index in [0.717, 1.165) is 0 Å². The number of carbonyl (C=O) groups is 1. The lowest BCUT2D eigenvalue weighted by Gasteiger charge is -2.01. The van der Waals surface area contributed by atoms with Crippen LogP contribution in [0.1, 0.15) is 10.5 Å². The van der Waals surface area contributed by atoms with Crippen LogP contribution in [0, 0.1) is 0 Å². The first-order chi connectivity index (χ1) is 7.56. The molecule has 0 spiro atoms. The SMILES string of the molecule is CSCN=NC(=O)c1nc(Cl)c(N)nc1N. The van der Waals surface area contributed by atoms with Gasteiger partial charge < -0.3 is 11.5 Å². The predicted molar refractivity (Wildman–Crippen MR) is 63.4 cm³/mol. The van der Waals surface area contributed by atoms with Gasteiger partial charge in [0.1, 0.15) is 5.88 Å². The van der Waals surface area contributed by atoms with E-state index in [0.29, 0.717) is 5.88 Å². The molecule has 9 heteroatoms. The monoisotopic (exact) mass is 260 g/mol. The first-order valence-corrected chi connectivity index (χ1v) is 5.82. The number of amides is 1. The molecule has 7 nitrogen and oxygen atoms in total. The summed E-state index contributed by atoms with van der Waals surface area (Å²) in [6, 6.07) is 0. The Morgan fingerprint density at radius 2 is 2.12 bits per heavy atom. The van der Waals surface area contributed by atoms with Crippen LogP contribution in [0.5, 0.6) is 0 Å². The summed E-state index contributed by atoms with van der Waals surface area (Å²) >= 11 is 7.03. The normalized spacial score (nSPS) is 10.9. The number of hydrogen-bond acceptors (Lipinski definition) is 7. The fourth-order valence-electron chi connectivity index (χ4n) is 0.797. The Balaban J connectivity index is 2.96. The van der Waals surface area contributed by atoms with E-state index in [2.05, 4.69) is 20.2 Å². The summed E-state index contributed by atoms with van der Waals surface area (Å²) in [7, 11) is 0. The molecular weight excluding hydrogens is 252 g/mol. The molecule has 4 N–H and O–H groups in total. The molecule has 1 rings (SSSR count). The van der Waals surface area contributed by atoms with E-state index in [-0.39, 0.29) is 22.5 Å². The number of nitrogens with two attached hydrogens (primary N) is 2. The third-order valence-electron chi connectivity index (χ3n) is 1.46. The summed E-state index contributed by atoms with van der Waals surface area (Å²) < 4.78 is 0. The molecule has 0 aliphatic heterocycles. The molecule has 1 aromatic heterocycles. The zero-order valence-electron chi connectivity index (χ0n) is 8.35. The third-order valence-corrected chi connectivity index (χ3v) is 2.11. The minimum Gasteiger partial charge on any atom is -0.382 e. The van der Waals surface area contributed by atoms with Crippen molar-refractivity contribution in [1.29, 1.82) is 0 Å².